The molecule has 0 saturated carbocycles. The van der Waals surface area contributed by atoms with Gasteiger partial charge in [0, 0.05) is 28.7 Å². The first-order valence-corrected chi connectivity index (χ1v) is 11.1. The fourth-order valence-corrected chi connectivity index (χ4v) is 4.39. The Hall–Kier alpha value is -2.90. The Bertz CT molecular complexity index is 1230. The van der Waals surface area contributed by atoms with E-state index in [0.717, 1.165) is 4.31 Å². The normalized spacial score (nSPS) is 11.3. The largest absolute Gasteiger partial charge is 0.310 e. The molecule has 1 amide bonds. The molecule has 1 heterocycles. The number of sulfonamides is 1. The molecule has 0 spiro atoms. The fourth-order valence-electron chi connectivity index (χ4n) is 2.75. The van der Waals surface area contributed by atoms with Crippen LogP contribution in [-0.4, -0.2) is 42.0 Å². The number of amides is 1. The van der Waals surface area contributed by atoms with Gasteiger partial charge in [-0.05, 0) is 36.4 Å². The molecule has 0 aliphatic carbocycles. The van der Waals surface area contributed by atoms with E-state index in [4.69, 9.17) is 28.5 Å². The van der Waals surface area contributed by atoms with Crippen molar-refractivity contribution in [1.29, 1.82) is 5.26 Å². The molecule has 8 nitrogen and oxygen atoms in total. The number of hydrogen-bond donors (Lipinski definition) is 1. The highest BCUT2D eigenvalue weighted by atomic mass is 35.5. The minimum absolute atomic E-state index is 0.0137. The summed E-state index contributed by atoms with van der Waals surface area (Å²) in [5.74, 6) is -0.183. The smallest absolute Gasteiger partial charge is 0.243 e. The lowest BCUT2D eigenvalue weighted by Gasteiger charge is -2.17. The van der Waals surface area contributed by atoms with Crippen molar-refractivity contribution in [2.75, 3.05) is 18.9 Å². The van der Waals surface area contributed by atoms with Crippen LogP contribution in [0.25, 0.3) is 0 Å². The van der Waals surface area contributed by atoms with Crippen molar-refractivity contribution in [2.45, 2.75) is 11.4 Å². The Kier molecular flexibility index (Phi) is 6.97. The van der Waals surface area contributed by atoms with E-state index >= 15 is 0 Å². The lowest BCUT2D eigenvalue weighted by Crippen LogP contribution is -2.35. The van der Waals surface area contributed by atoms with Crippen LogP contribution in [0.15, 0.2) is 59.6 Å². The van der Waals surface area contributed by atoms with Crippen molar-refractivity contribution in [1.82, 2.24) is 14.1 Å². The molecule has 0 fully saturated rings. The van der Waals surface area contributed by atoms with Gasteiger partial charge in [0.2, 0.25) is 15.9 Å². The number of nitriles is 1. The summed E-state index contributed by atoms with van der Waals surface area (Å²) < 4.78 is 27.8. The van der Waals surface area contributed by atoms with Gasteiger partial charge in [0.05, 0.1) is 35.8 Å². The number of likely N-dealkylation sites (N-methyl/N-ethyl adjacent to an activating group) is 1. The van der Waals surface area contributed by atoms with Crippen molar-refractivity contribution in [2.24, 2.45) is 0 Å². The number of halogens is 2. The van der Waals surface area contributed by atoms with E-state index in [0.29, 0.717) is 27.0 Å². The topological polar surface area (TPSA) is 108 Å². The van der Waals surface area contributed by atoms with Crippen molar-refractivity contribution in [3.8, 4) is 6.07 Å². The molecule has 0 radical (unpaired) electrons. The Labute approximate surface area is 189 Å². The second-order valence-corrected chi connectivity index (χ2v) is 9.38. The van der Waals surface area contributed by atoms with E-state index in [1.54, 1.807) is 24.3 Å². The lowest BCUT2D eigenvalue weighted by atomic mass is 10.2. The molecular weight excluding hydrogens is 461 g/mol. The van der Waals surface area contributed by atoms with Crippen molar-refractivity contribution >= 4 is 45.0 Å². The molecule has 1 aromatic heterocycles. The van der Waals surface area contributed by atoms with Crippen LogP contribution in [-0.2, 0) is 21.4 Å². The zero-order chi connectivity index (χ0) is 22.6. The van der Waals surface area contributed by atoms with Gasteiger partial charge < -0.3 is 5.32 Å². The molecule has 11 heteroatoms. The maximum absolute atomic E-state index is 12.7. The SMILES string of the molecule is CN(CC(=O)Nc1ccnn1Cc1c(Cl)cccc1Cl)S(=O)(=O)c1ccc(C#N)cc1. The molecule has 1 N–H and O–H groups in total. The third kappa shape index (κ3) is 5.24. The predicted molar refractivity (Wildman–Crippen MR) is 117 cm³/mol. The fraction of sp³-hybridized carbons (Fsp3) is 0.150. The minimum Gasteiger partial charge on any atom is -0.310 e. The van der Waals surface area contributed by atoms with E-state index in [1.807, 2.05) is 6.07 Å². The summed E-state index contributed by atoms with van der Waals surface area (Å²) in [4.78, 5) is 12.5. The van der Waals surface area contributed by atoms with Gasteiger partial charge in [0.15, 0.2) is 0 Å². The summed E-state index contributed by atoms with van der Waals surface area (Å²) in [5, 5.41) is 16.6. The summed E-state index contributed by atoms with van der Waals surface area (Å²) in [6.07, 6.45) is 1.50. The number of hydrogen-bond acceptors (Lipinski definition) is 5. The van der Waals surface area contributed by atoms with Crippen molar-refractivity contribution < 1.29 is 13.2 Å². The van der Waals surface area contributed by atoms with Crippen LogP contribution in [0, 0.1) is 11.3 Å². The van der Waals surface area contributed by atoms with Crippen LogP contribution < -0.4 is 5.32 Å². The number of rotatable bonds is 7. The number of nitrogens with one attached hydrogen (secondary N) is 1. The number of anilines is 1. The third-order valence-electron chi connectivity index (χ3n) is 4.41. The maximum atomic E-state index is 12.7. The average Bonchev–Trinajstić information content (AvgIpc) is 3.17. The number of carbonyl (C=O) groups is 1. The van der Waals surface area contributed by atoms with Gasteiger partial charge in [-0.15, -0.1) is 0 Å². The van der Waals surface area contributed by atoms with Crippen LogP contribution in [0.2, 0.25) is 10.0 Å². The van der Waals surface area contributed by atoms with E-state index in [2.05, 4.69) is 10.4 Å². The first kappa shape index (κ1) is 22.8. The molecule has 0 bridgehead atoms. The van der Waals surface area contributed by atoms with Gasteiger partial charge >= 0.3 is 0 Å². The first-order valence-electron chi connectivity index (χ1n) is 8.93. The molecule has 2 aromatic carbocycles. The lowest BCUT2D eigenvalue weighted by molar-refractivity contribution is -0.116. The maximum Gasteiger partial charge on any atom is 0.243 e. The Balaban J connectivity index is 1.70. The third-order valence-corrected chi connectivity index (χ3v) is 6.94. The van der Waals surface area contributed by atoms with Crippen LogP contribution >= 0.6 is 23.2 Å². The molecule has 0 saturated heterocycles. The highest BCUT2D eigenvalue weighted by Crippen LogP contribution is 2.26. The molecular formula is C20H17Cl2N5O3S. The number of aromatic nitrogens is 2. The van der Waals surface area contributed by atoms with Crippen LogP contribution in [0.3, 0.4) is 0 Å². The molecule has 31 heavy (non-hydrogen) atoms. The van der Waals surface area contributed by atoms with Gasteiger partial charge in [-0.3, -0.25) is 4.79 Å². The molecule has 3 aromatic rings. The molecule has 160 valence electrons. The highest BCUT2D eigenvalue weighted by Gasteiger charge is 2.23. The quantitative estimate of drug-likeness (QED) is 0.560. The van der Waals surface area contributed by atoms with Crippen molar-refractivity contribution in [3.63, 3.8) is 0 Å². The van der Waals surface area contributed by atoms with Gasteiger partial charge in [-0.25, -0.2) is 13.1 Å². The summed E-state index contributed by atoms with van der Waals surface area (Å²) >= 11 is 12.4. The highest BCUT2D eigenvalue weighted by molar-refractivity contribution is 7.89. The summed E-state index contributed by atoms with van der Waals surface area (Å²) in [6, 6.07) is 14.1. The zero-order valence-corrected chi connectivity index (χ0v) is 18.6. The number of carbonyl (C=O) groups excluding carboxylic acids is 1. The molecule has 0 atom stereocenters. The Morgan fingerprint density at radius 2 is 1.81 bits per heavy atom. The van der Waals surface area contributed by atoms with Gasteiger partial charge in [0.25, 0.3) is 0 Å². The second kappa shape index (κ2) is 9.49. The Morgan fingerprint density at radius 1 is 1.16 bits per heavy atom. The summed E-state index contributed by atoms with van der Waals surface area (Å²) in [6.45, 7) is -0.194. The van der Waals surface area contributed by atoms with E-state index in [-0.39, 0.29) is 11.4 Å². The van der Waals surface area contributed by atoms with Crippen LogP contribution in [0.5, 0.6) is 0 Å². The second-order valence-electron chi connectivity index (χ2n) is 6.52. The first-order chi connectivity index (χ1) is 14.7. The standard InChI is InChI=1S/C20H17Cl2N5O3S/c1-26(31(29,30)15-7-5-14(11-23)6-8-15)13-20(28)25-19-9-10-24-27(19)12-16-17(21)3-2-4-18(16)22/h2-10H,12-13H2,1H3,(H,25,28). The molecule has 0 unspecified atom stereocenters. The molecule has 0 aliphatic heterocycles. The minimum atomic E-state index is -3.90. The van der Waals surface area contributed by atoms with Gasteiger partial charge in [0.1, 0.15) is 5.82 Å². The molecule has 3 rings (SSSR count). The Morgan fingerprint density at radius 3 is 2.42 bits per heavy atom. The van der Waals surface area contributed by atoms with Crippen LogP contribution in [0.4, 0.5) is 5.82 Å². The average molecular weight is 478 g/mol. The molecule has 0 aliphatic rings. The summed E-state index contributed by atoms with van der Waals surface area (Å²) in [7, 11) is -2.60. The number of benzene rings is 2. The van der Waals surface area contributed by atoms with Crippen molar-refractivity contribution in [3.05, 3.63) is 75.9 Å². The summed E-state index contributed by atoms with van der Waals surface area (Å²) in [5.41, 5.74) is 0.983. The van der Waals surface area contributed by atoms with Crippen LogP contribution in [0.1, 0.15) is 11.1 Å². The van der Waals surface area contributed by atoms with Gasteiger partial charge in [-0.1, -0.05) is 29.3 Å². The monoisotopic (exact) mass is 477 g/mol. The van der Waals surface area contributed by atoms with E-state index in [9.17, 15) is 13.2 Å². The van der Waals surface area contributed by atoms with E-state index < -0.39 is 22.5 Å². The zero-order valence-electron chi connectivity index (χ0n) is 16.3. The van der Waals surface area contributed by atoms with Gasteiger partial charge in [-0.2, -0.15) is 14.7 Å². The predicted octanol–water partition coefficient (Wildman–Crippen LogP) is 3.37. The van der Waals surface area contributed by atoms with E-state index in [1.165, 1.54) is 42.2 Å². The number of nitrogens with zero attached hydrogens (tertiary/aromatic N) is 4.